The molecule has 1 aromatic heterocycles. The molecule has 2 aliphatic heterocycles. The van der Waals surface area contributed by atoms with Crippen LogP contribution in [0.25, 0.3) is 11.3 Å². The smallest absolute Gasteiger partial charge is 0.320 e. The lowest BCUT2D eigenvalue weighted by molar-refractivity contribution is -0.137. The summed E-state index contributed by atoms with van der Waals surface area (Å²) in [6, 6.07) is 17.2. The van der Waals surface area contributed by atoms with Crippen LogP contribution in [0, 0.1) is 11.2 Å². The maximum Gasteiger partial charge on any atom is 0.320 e. The number of benzene rings is 2. The summed E-state index contributed by atoms with van der Waals surface area (Å²) >= 11 is 0. The van der Waals surface area contributed by atoms with Gasteiger partial charge in [-0.25, -0.2) is 14.2 Å². The van der Waals surface area contributed by atoms with E-state index in [4.69, 9.17) is 0 Å². The van der Waals surface area contributed by atoms with Crippen LogP contribution in [-0.2, 0) is 6.54 Å². The van der Waals surface area contributed by atoms with Gasteiger partial charge in [0, 0.05) is 49.8 Å². The Morgan fingerprint density at radius 1 is 1.05 bits per heavy atom. The molecule has 2 aromatic carbocycles. The molecule has 6 rings (SSSR count). The fourth-order valence-corrected chi connectivity index (χ4v) is 6.98. The van der Waals surface area contributed by atoms with E-state index in [0.29, 0.717) is 44.8 Å². The quantitative estimate of drug-likeness (QED) is 0.521. The van der Waals surface area contributed by atoms with Crippen molar-refractivity contribution < 1.29 is 14.3 Å². The molecule has 2 atom stereocenters. The average Bonchev–Trinajstić information content (AvgIpc) is 3.46. The summed E-state index contributed by atoms with van der Waals surface area (Å²) in [5.41, 5.74) is 0.414. The Bertz CT molecular complexity index is 1420. The second-order valence-corrected chi connectivity index (χ2v) is 11.5. The highest BCUT2D eigenvalue weighted by atomic mass is 19.1. The highest BCUT2D eigenvalue weighted by Crippen LogP contribution is 2.51. The van der Waals surface area contributed by atoms with E-state index in [2.05, 4.69) is 10.3 Å². The number of halogens is 1. The summed E-state index contributed by atoms with van der Waals surface area (Å²) in [4.78, 5) is 35.3. The van der Waals surface area contributed by atoms with Gasteiger partial charge in [-0.05, 0) is 37.0 Å². The van der Waals surface area contributed by atoms with Crippen LogP contribution < -0.4 is 10.9 Å². The average molecular weight is 546 g/mol. The number of nitrogens with one attached hydrogen (secondary N) is 1. The third kappa shape index (κ3) is 4.92. The fraction of sp³-hybridized carbons (Fsp3) is 0.452. The molecule has 0 bridgehead atoms. The molecule has 2 amide bonds. The van der Waals surface area contributed by atoms with E-state index in [1.54, 1.807) is 6.07 Å². The molecular formula is C31H36FN5O3. The summed E-state index contributed by atoms with van der Waals surface area (Å²) in [7, 11) is 0. The van der Waals surface area contributed by atoms with Crippen molar-refractivity contribution in [2.24, 2.45) is 5.41 Å². The van der Waals surface area contributed by atoms with Crippen LogP contribution in [0.5, 0.6) is 0 Å². The molecule has 3 aromatic rings. The minimum Gasteiger partial charge on any atom is -0.387 e. The lowest BCUT2D eigenvalue weighted by atomic mass is 9.66. The number of aliphatic hydroxyl groups is 1. The van der Waals surface area contributed by atoms with E-state index >= 15 is 0 Å². The predicted molar refractivity (Wildman–Crippen MR) is 150 cm³/mol. The van der Waals surface area contributed by atoms with Gasteiger partial charge in [-0.3, -0.25) is 9.36 Å². The van der Waals surface area contributed by atoms with E-state index in [1.165, 1.54) is 29.1 Å². The van der Waals surface area contributed by atoms with Crippen molar-refractivity contribution in [3.8, 4) is 11.3 Å². The van der Waals surface area contributed by atoms with Crippen LogP contribution in [0.3, 0.4) is 0 Å². The van der Waals surface area contributed by atoms with Crippen molar-refractivity contribution in [3.05, 3.63) is 88.7 Å². The van der Waals surface area contributed by atoms with E-state index in [-0.39, 0.29) is 30.0 Å². The molecule has 1 aliphatic carbocycles. The lowest BCUT2D eigenvalue weighted by Crippen LogP contribution is -2.64. The standard InChI is InChI=1S/C31H36FN5O3/c32-25-10-6-9-24(17-25)27-19-33-14-16-37(27)29(39)35-15-13-31(40,30(20-35)11-4-5-12-30)21-36-22-34-26(18-28(36)38)23-7-2-1-3-8-23/h1-3,6-10,17-18,22,27,33,40H,4-5,11-16,19-21H2/t27-,31?/m0/s1. The zero-order valence-corrected chi connectivity index (χ0v) is 22.6. The van der Waals surface area contributed by atoms with Crippen molar-refractivity contribution >= 4 is 6.03 Å². The van der Waals surface area contributed by atoms with Gasteiger partial charge in [0.25, 0.3) is 5.56 Å². The zero-order valence-electron chi connectivity index (χ0n) is 22.6. The molecule has 210 valence electrons. The Labute approximate surface area is 233 Å². The third-order valence-electron chi connectivity index (χ3n) is 9.21. The van der Waals surface area contributed by atoms with Gasteiger partial charge in [-0.15, -0.1) is 0 Å². The number of rotatable bonds is 4. The van der Waals surface area contributed by atoms with Crippen LogP contribution in [-0.4, -0.2) is 68.8 Å². The summed E-state index contributed by atoms with van der Waals surface area (Å²) < 4.78 is 15.5. The van der Waals surface area contributed by atoms with Crippen molar-refractivity contribution in [1.29, 1.82) is 0 Å². The van der Waals surface area contributed by atoms with Gasteiger partial charge in [-0.2, -0.15) is 0 Å². The number of hydrogen-bond donors (Lipinski definition) is 2. The number of aromatic nitrogens is 2. The Hall–Kier alpha value is -3.56. The number of nitrogens with zero attached hydrogens (tertiary/aromatic N) is 4. The molecular weight excluding hydrogens is 509 g/mol. The maximum atomic E-state index is 14.0. The molecule has 3 fully saturated rings. The number of amides is 2. The van der Waals surface area contributed by atoms with Crippen molar-refractivity contribution in [2.75, 3.05) is 32.7 Å². The van der Waals surface area contributed by atoms with Gasteiger partial charge in [0.2, 0.25) is 0 Å². The number of piperazine rings is 1. The Morgan fingerprint density at radius 2 is 1.85 bits per heavy atom. The van der Waals surface area contributed by atoms with E-state index in [9.17, 15) is 19.1 Å². The van der Waals surface area contributed by atoms with Gasteiger partial charge < -0.3 is 20.2 Å². The first-order chi connectivity index (χ1) is 19.4. The Morgan fingerprint density at radius 3 is 2.60 bits per heavy atom. The van der Waals surface area contributed by atoms with Gasteiger partial charge in [0.05, 0.1) is 30.2 Å². The van der Waals surface area contributed by atoms with Crippen LogP contribution in [0.4, 0.5) is 9.18 Å². The number of hydrogen-bond acceptors (Lipinski definition) is 5. The van der Waals surface area contributed by atoms with Gasteiger partial charge in [-0.1, -0.05) is 55.3 Å². The van der Waals surface area contributed by atoms with E-state index in [1.807, 2.05) is 46.2 Å². The molecule has 1 spiro atoms. The van der Waals surface area contributed by atoms with Crippen LogP contribution in [0.2, 0.25) is 0 Å². The van der Waals surface area contributed by atoms with E-state index < -0.39 is 11.0 Å². The van der Waals surface area contributed by atoms with Gasteiger partial charge in [0.15, 0.2) is 0 Å². The van der Waals surface area contributed by atoms with Gasteiger partial charge in [0.1, 0.15) is 5.82 Å². The zero-order chi connectivity index (χ0) is 27.7. The fourth-order valence-electron chi connectivity index (χ4n) is 6.98. The van der Waals surface area contributed by atoms with Crippen molar-refractivity contribution in [3.63, 3.8) is 0 Å². The van der Waals surface area contributed by atoms with Crippen LogP contribution >= 0.6 is 0 Å². The summed E-state index contributed by atoms with van der Waals surface area (Å²) in [5, 5.41) is 15.5. The predicted octanol–water partition coefficient (Wildman–Crippen LogP) is 3.81. The first-order valence-electron chi connectivity index (χ1n) is 14.2. The van der Waals surface area contributed by atoms with Crippen LogP contribution in [0.1, 0.15) is 43.7 Å². The first kappa shape index (κ1) is 26.7. The minimum atomic E-state index is -1.13. The van der Waals surface area contributed by atoms with Gasteiger partial charge >= 0.3 is 6.03 Å². The summed E-state index contributed by atoms with van der Waals surface area (Å²) in [6.07, 6.45) is 5.46. The molecule has 3 heterocycles. The molecule has 0 radical (unpaired) electrons. The molecule has 8 nitrogen and oxygen atoms in total. The molecule has 40 heavy (non-hydrogen) atoms. The monoisotopic (exact) mass is 545 g/mol. The maximum absolute atomic E-state index is 14.0. The molecule has 2 saturated heterocycles. The SMILES string of the molecule is O=C(N1CCC(O)(Cn2cnc(-c3ccccc3)cc2=O)C2(CCCC2)C1)N1CCNC[C@H]1c1cccc(F)c1. The third-order valence-corrected chi connectivity index (χ3v) is 9.21. The first-order valence-corrected chi connectivity index (χ1v) is 14.2. The number of carbonyl (C=O) groups excluding carboxylic acids is 1. The molecule has 1 saturated carbocycles. The molecule has 2 N–H and O–H groups in total. The molecule has 1 unspecified atom stereocenters. The second kappa shape index (κ2) is 10.8. The van der Waals surface area contributed by atoms with Crippen molar-refractivity contribution in [1.82, 2.24) is 24.7 Å². The van der Waals surface area contributed by atoms with E-state index in [0.717, 1.165) is 36.8 Å². The number of likely N-dealkylation sites (tertiary alicyclic amines) is 1. The largest absolute Gasteiger partial charge is 0.387 e. The normalized spacial score (nSPS) is 24.4. The minimum absolute atomic E-state index is 0.0740. The number of urea groups is 1. The summed E-state index contributed by atoms with van der Waals surface area (Å²) in [6.45, 7) is 2.74. The molecule has 9 heteroatoms. The second-order valence-electron chi connectivity index (χ2n) is 11.5. The lowest BCUT2D eigenvalue weighted by Gasteiger charge is -2.53. The summed E-state index contributed by atoms with van der Waals surface area (Å²) in [5.74, 6) is -0.315. The highest BCUT2D eigenvalue weighted by Gasteiger charge is 2.56. The Kier molecular flexibility index (Phi) is 7.18. The highest BCUT2D eigenvalue weighted by molar-refractivity contribution is 5.75. The number of piperidine rings is 1. The molecule has 3 aliphatic rings. The van der Waals surface area contributed by atoms with Crippen molar-refractivity contribution in [2.45, 2.75) is 50.3 Å². The Balaban J connectivity index is 1.23. The topological polar surface area (TPSA) is 90.7 Å². The number of carbonyl (C=O) groups is 1. The van der Waals surface area contributed by atoms with Crippen LogP contribution in [0.15, 0.2) is 71.8 Å².